The van der Waals surface area contributed by atoms with Crippen LogP contribution >= 0.6 is 11.6 Å². The first kappa shape index (κ1) is 16.0. The number of hydrogen-bond acceptors (Lipinski definition) is 5. The van der Waals surface area contributed by atoms with E-state index in [0.717, 1.165) is 5.56 Å². The highest BCUT2D eigenvalue weighted by Gasteiger charge is 2.36. The molecule has 2 heterocycles. The lowest BCUT2D eigenvalue weighted by molar-refractivity contribution is 0.0638. The zero-order chi connectivity index (χ0) is 16.4. The van der Waals surface area contributed by atoms with E-state index in [-0.39, 0.29) is 30.4 Å². The highest BCUT2D eigenvalue weighted by molar-refractivity contribution is 6.30. The third kappa shape index (κ3) is 3.24. The van der Waals surface area contributed by atoms with Crippen LogP contribution in [0.1, 0.15) is 16.9 Å². The van der Waals surface area contributed by atoms with Crippen LogP contribution in [-0.2, 0) is 4.74 Å². The standard InChI is InChI=1S/C16H17ClN2O4/c1-22-13-6-12(9-20)19(8-13)16(21)14-7-15(23-18-14)10-3-2-4-11(17)5-10/h2-5,7,12-13,20H,6,8-9H2,1H3/t12-,13+/m0/s1. The molecule has 1 fully saturated rings. The largest absolute Gasteiger partial charge is 0.394 e. The van der Waals surface area contributed by atoms with Gasteiger partial charge >= 0.3 is 0 Å². The average molecular weight is 337 g/mol. The SMILES string of the molecule is CO[C@@H]1C[C@@H](CO)N(C(=O)c2cc(-c3cccc(Cl)c3)on2)C1. The van der Waals surface area contributed by atoms with Crippen LogP contribution < -0.4 is 0 Å². The number of aliphatic hydroxyl groups is 1. The van der Waals surface area contributed by atoms with Crippen molar-refractivity contribution in [2.45, 2.75) is 18.6 Å². The molecule has 6 nitrogen and oxygen atoms in total. The maximum Gasteiger partial charge on any atom is 0.276 e. The Morgan fingerprint density at radius 2 is 2.35 bits per heavy atom. The summed E-state index contributed by atoms with van der Waals surface area (Å²) in [5.41, 5.74) is 0.953. The molecule has 1 aromatic carbocycles. The minimum atomic E-state index is -0.277. The minimum absolute atomic E-state index is 0.0737. The molecule has 1 aliphatic heterocycles. The van der Waals surface area contributed by atoms with Crippen LogP contribution in [0.25, 0.3) is 11.3 Å². The molecule has 2 atom stereocenters. The van der Waals surface area contributed by atoms with E-state index in [4.69, 9.17) is 20.9 Å². The number of benzene rings is 1. The molecule has 23 heavy (non-hydrogen) atoms. The summed E-state index contributed by atoms with van der Waals surface area (Å²) in [6.45, 7) is 0.324. The van der Waals surface area contributed by atoms with E-state index in [1.165, 1.54) is 0 Å². The number of aromatic nitrogens is 1. The maximum absolute atomic E-state index is 12.6. The number of ether oxygens (including phenoxy) is 1. The Balaban J connectivity index is 1.81. The molecule has 1 N–H and O–H groups in total. The van der Waals surface area contributed by atoms with Crippen LogP contribution in [0, 0.1) is 0 Å². The molecular formula is C16H17ClN2O4. The van der Waals surface area contributed by atoms with Crippen molar-refractivity contribution in [3.8, 4) is 11.3 Å². The molecule has 0 unspecified atom stereocenters. The van der Waals surface area contributed by atoms with Gasteiger partial charge in [0.05, 0.1) is 18.8 Å². The zero-order valence-electron chi connectivity index (χ0n) is 12.6. The van der Waals surface area contributed by atoms with Gasteiger partial charge in [0, 0.05) is 30.3 Å². The fourth-order valence-corrected chi connectivity index (χ4v) is 2.96. The van der Waals surface area contributed by atoms with E-state index in [9.17, 15) is 9.90 Å². The predicted octanol–water partition coefficient (Wildman–Crippen LogP) is 2.22. The van der Waals surface area contributed by atoms with E-state index in [2.05, 4.69) is 5.16 Å². The predicted molar refractivity (Wildman–Crippen MR) is 84.3 cm³/mol. The van der Waals surface area contributed by atoms with Gasteiger partial charge in [-0.1, -0.05) is 28.9 Å². The number of carbonyl (C=O) groups excluding carboxylic acids is 1. The molecule has 0 radical (unpaired) electrons. The van der Waals surface area contributed by atoms with Gasteiger partial charge in [-0.15, -0.1) is 0 Å². The quantitative estimate of drug-likeness (QED) is 0.926. The van der Waals surface area contributed by atoms with Crippen LogP contribution in [-0.4, -0.2) is 53.5 Å². The molecule has 0 spiro atoms. The highest BCUT2D eigenvalue weighted by Crippen LogP contribution is 2.26. The second-order valence-corrected chi connectivity index (χ2v) is 5.91. The molecule has 2 aromatic rings. The number of likely N-dealkylation sites (tertiary alicyclic amines) is 1. The zero-order valence-corrected chi connectivity index (χ0v) is 13.4. The number of methoxy groups -OCH3 is 1. The summed E-state index contributed by atoms with van der Waals surface area (Å²) in [5, 5.41) is 13.9. The van der Waals surface area contributed by atoms with Crippen molar-refractivity contribution in [2.75, 3.05) is 20.3 Å². The summed E-state index contributed by atoms with van der Waals surface area (Å²) < 4.78 is 10.5. The second-order valence-electron chi connectivity index (χ2n) is 5.47. The summed E-state index contributed by atoms with van der Waals surface area (Å²) in [7, 11) is 1.60. The van der Waals surface area contributed by atoms with Crippen LogP contribution in [0.2, 0.25) is 5.02 Å². The summed E-state index contributed by atoms with van der Waals surface area (Å²) in [6.07, 6.45) is 0.535. The Morgan fingerprint density at radius 3 is 3.04 bits per heavy atom. The van der Waals surface area contributed by atoms with Gasteiger partial charge in [-0.3, -0.25) is 4.79 Å². The van der Waals surface area contributed by atoms with Crippen molar-refractivity contribution < 1.29 is 19.2 Å². The van der Waals surface area contributed by atoms with Gasteiger partial charge < -0.3 is 19.3 Å². The Morgan fingerprint density at radius 1 is 1.52 bits per heavy atom. The van der Waals surface area contributed by atoms with E-state index < -0.39 is 0 Å². The van der Waals surface area contributed by atoms with E-state index in [0.29, 0.717) is 23.7 Å². The maximum atomic E-state index is 12.6. The molecule has 0 bridgehead atoms. The third-order valence-electron chi connectivity index (χ3n) is 4.02. The number of hydrogen-bond donors (Lipinski definition) is 1. The van der Waals surface area contributed by atoms with Crippen molar-refractivity contribution in [3.63, 3.8) is 0 Å². The summed E-state index contributed by atoms with van der Waals surface area (Å²) in [4.78, 5) is 14.2. The molecule has 3 rings (SSSR count). The van der Waals surface area contributed by atoms with Crippen molar-refractivity contribution in [3.05, 3.63) is 41.0 Å². The van der Waals surface area contributed by atoms with Gasteiger partial charge in [-0.05, 0) is 18.6 Å². The Labute approximate surface area is 138 Å². The van der Waals surface area contributed by atoms with E-state index in [1.807, 2.05) is 6.07 Å². The van der Waals surface area contributed by atoms with E-state index in [1.54, 1.807) is 36.3 Å². The molecule has 0 aliphatic carbocycles. The van der Waals surface area contributed by atoms with Crippen LogP contribution in [0.15, 0.2) is 34.9 Å². The third-order valence-corrected chi connectivity index (χ3v) is 4.25. The summed E-state index contributed by atoms with van der Waals surface area (Å²) >= 11 is 5.96. The smallest absolute Gasteiger partial charge is 0.276 e. The minimum Gasteiger partial charge on any atom is -0.394 e. The molecule has 1 amide bonds. The number of aliphatic hydroxyl groups excluding tert-OH is 1. The van der Waals surface area contributed by atoms with Gasteiger partial charge in [-0.25, -0.2) is 0 Å². The molecule has 122 valence electrons. The van der Waals surface area contributed by atoms with Gasteiger partial charge in [0.1, 0.15) is 0 Å². The van der Waals surface area contributed by atoms with Crippen LogP contribution in [0.3, 0.4) is 0 Å². The number of amides is 1. The van der Waals surface area contributed by atoms with Crippen LogP contribution in [0.5, 0.6) is 0 Å². The Hall–Kier alpha value is -1.89. The number of halogens is 1. The summed E-state index contributed by atoms with van der Waals surface area (Å²) in [5.74, 6) is 0.194. The van der Waals surface area contributed by atoms with Gasteiger partial charge in [-0.2, -0.15) is 0 Å². The molecule has 7 heteroatoms. The molecule has 1 aromatic heterocycles. The first-order chi connectivity index (χ1) is 11.1. The van der Waals surface area contributed by atoms with Gasteiger partial charge in [0.2, 0.25) is 0 Å². The van der Waals surface area contributed by atoms with Crippen molar-refractivity contribution in [1.82, 2.24) is 10.1 Å². The van der Waals surface area contributed by atoms with Crippen molar-refractivity contribution in [1.29, 1.82) is 0 Å². The van der Waals surface area contributed by atoms with Crippen molar-refractivity contribution >= 4 is 17.5 Å². The van der Waals surface area contributed by atoms with Gasteiger partial charge in [0.15, 0.2) is 11.5 Å². The second kappa shape index (κ2) is 6.70. The Bertz CT molecular complexity index is 703. The lowest BCUT2D eigenvalue weighted by atomic mass is 10.1. The highest BCUT2D eigenvalue weighted by atomic mass is 35.5. The molecule has 0 saturated carbocycles. The normalized spacial score (nSPS) is 20.9. The summed E-state index contributed by atoms with van der Waals surface area (Å²) in [6, 6.07) is 8.45. The molecule has 1 saturated heterocycles. The van der Waals surface area contributed by atoms with Crippen LogP contribution in [0.4, 0.5) is 0 Å². The fourth-order valence-electron chi connectivity index (χ4n) is 2.77. The van der Waals surface area contributed by atoms with Crippen molar-refractivity contribution in [2.24, 2.45) is 0 Å². The first-order valence-electron chi connectivity index (χ1n) is 7.29. The number of carbonyl (C=O) groups is 1. The number of nitrogens with zero attached hydrogens (tertiary/aromatic N) is 2. The average Bonchev–Trinajstić information content (AvgIpc) is 3.21. The first-order valence-corrected chi connectivity index (χ1v) is 7.67. The fraction of sp³-hybridized carbons (Fsp3) is 0.375. The molecule has 1 aliphatic rings. The number of rotatable bonds is 4. The lowest BCUT2D eigenvalue weighted by Gasteiger charge is -2.21. The topological polar surface area (TPSA) is 75.8 Å². The molecular weight excluding hydrogens is 320 g/mol. The van der Waals surface area contributed by atoms with Gasteiger partial charge in [0.25, 0.3) is 5.91 Å². The Kier molecular flexibility index (Phi) is 4.66. The van der Waals surface area contributed by atoms with E-state index >= 15 is 0 Å². The monoisotopic (exact) mass is 336 g/mol. The lowest BCUT2D eigenvalue weighted by Crippen LogP contribution is -2.38.